The molecule has 0 N–H and O–H groups in total. The first-order valence-electron chi connectivity index (χ1n) is 14.9. The maximum Gasteiger partial charge on any atom is 0.573 e. The lowest BCUT2D eigenvalue weighted by atomic mass is 9.85. The van der Waals surface area contributed by atoms with Crippen molar-refractivity contribution in [2.45, 2.75) is 65.7 Å². The monoisotopic (exact) mass is 630 g/mol. The Balaban J connectivity index is 1.62. The summed E-state index contributed by atoms with van der Waals surface area (Å²) in [6.45, 7) is 9.71. The highest BCUT2D eigenvalue weighted by Gasteiger charge is 2.32. The van der Waals surface area contributed by atoms with Gasteiger partial charge >= 0.3 is 6.36 Å². The van der Waals surface area contributed by atoms with Gasteiger partial charge in [-0.3, -0.25) is 14.6 Å². The number of pyridine rings is 2. The van der Waals surface area contributed by atoms with Crippen LogP contribution in [0, 0.1) is 6.92 Å². The first kappa shape index (κ1) is 31.3. The van der Waals surface area contributed by atoms with Gasteiger partial charge in [-0.25, -0.2) is 0 Å². The van der Waals surface area contributed by atoms with Crippen LogP contribution >= 0.6 is 0 Å². The Morgan fingerprint density at radius 2 is 1.78 bits per heavy atom. The number of hydrogen-bond acceptors (Lipinski definition) is 6. The van der Waals surface area contributed by atoms with E-state index in [-0.39, 0.29) is 23.6 Å². The van der Waals surface area contributed by atoms with E-state index in [1.165, 1.54) is 37.3 Å². The Kier molecular flexibility index (Phi) is 7.88. The number of Topliss-reactive ketones (excluding diaryl/α,β-unsaturated/α-hetero) is 1. The van der Waals surface area contributed by atoms with Crippen molar-refractivity contribution in [1.29, 1.82) is 0 Å². The first-order chi connectivity index (χ1) is 21.7. The van der Waals surface area contributed by atoms with E-state index in [2.05, 4.69) is 4.74 Å². The average Bonchev–Trinajstić information content (AvgIpc) is 2.97. The zero-order chi connectivity index (χ0) is 33.0. The molecule has 0 aliphatic carbocycles. The summed E-state index contributed by atoms with van der Waals surface area (Å²) in [5.74, 6) is 0.209. The molecule has 0 saturated carbocycles. The van der Waals surface area contributed by atoms with Crippen LogP contribution in [0.2, 0.25) is 0 Å². The van der Waals surface area contributed by atoms with Gasteiger partial charge in [0.25, 0.3) is 5.56 Å². The fraction of sp³-hybridized carbons (Fsp3) is 0.306. The first-order valence-corrected chi connectivity index (χ1v) is 14.9. The molecule has 0 radical (unpaired) electrons. The van der Waals surface area contributed by atoms with Gasteiger partial charge in [0.05, 0.1) is 29.8 Å². The smallest absolute Gasteiger partial charge is 0.493 e. The number of carbonyl (C=O) groups excluding carboxylic acids is 1. The van der Waals surface area contributed by atoms with Crippen molar-refractivity contribution >= 4 is 27.6 Å². The molecule has 0 spiro atoms. The summed E-state index contributed by atoms with van der Waals surface area (Å²) in [5.41, 5.74) is 4.95. The third-order valence-corrected chi connectivity index (χ3v) is 7.98. The quantitative estimate of drug-likeness (QED) is 0.182. The van der Waals surface area contributed by atoms with E-state index in [0.29, 0.717) is 39.7 Å². The van der Waals surface area contributed by atoms with Gasteiger partial charge in [-0.2, -0.15) is 0 Å². The van der Waals surface area contributed by atoms with E-state index in [4.69, 9.17) is 14.5 Å². The minimum Gasteiger partial charge on any atom is -0.493 e. The lowest BCUT2D eigenvalue weighted by Gasteiger charge is -2.30. The number of hydrogen-bond donors (Lipinski definition) is 0. The summed E-state index contributed by atoms with van der Waals surface area (Å²) in [6.07, 6.45) is -3.23. The average molecular weight is 631 g/mol. The molecule has 0 fully saturated rings. The number of fused-ring (bicyclic) bond motifs is 1. The molecule has 3 heterocycles. The third kappa shape index (κ3) is 6.09. The Morgan fingerprint density at radius 1 is 1.04 bits per heavy atom. The molecule has 1 atom stereocenters. The fourth-order valence-electron chi connectivity index (χ4n) is 6.16. The third-order valence-electron chi connectivity index (χ3n) is 7.98. The van der Waals surface area contributed by atoms with Crippen molar-refractivity contribution < 1.29 is 32.2 Å². The van der Waals surface area contributed by atoms with Crippen molar-refractivity contribution in [1.82, 2.24) is 9.55 Å². The number of alkyl halides is 3. The van der Waals surface area contributed by atoms with Crippen molar-refractivity contribution in [2.24, 2.45) is 0 Å². The highest BCUT2D eigenvalue weighted by atomic mass is 19.4. The van der Waals surface area contributed by atoms with Gasteiger partial charge in [-0.05, 0) is 105 Å². The van der Waals surface area contributed by atoms with Crippen molar-refractivity contribution in [3.8, 4) is 22.6 Å². The molecular formula is C36H33F3N2O5. The van der Waals surface area contributed by atoms with E-state index < -0.39 is 18.1 Å². The van der Waals surface area contributed by atoms with E-state index >= 15 is 0 Å². The summed E-state index contributed by atoms with van der Waals surface area (Å²) in [7, 11) is 0. The van der Waals surface area contributed by atoms with Gasteiger partial charge in [-0.1, -0.05) is 12.1 Å². The lowest BCUT2D eigenvalue weighted by Crippen LogP contribution is -2.27. The number of ketones is 1. The molecule has 7 nitrogen and oxygen atoms in total. The standard InChI is InChI=1S/C36H33F3N2O5/c1-20-18-27-25(11-13-29(43)41(27)19-22-6-8-24(9-7-22)45-36(37,38)39)32(30(20)34(21(2)42)46-35(3,4)5)26-10-12-28-31-23(15-17-44-28)14-16-40-33(26)31/h6-14,16,18,34H,15,17,19H2,1-5H3/t34-/m1/s1. The molecule has 5 aromatic rings. The van der Waals surface area contributed by atoms with Gasteiger partial charge < -0.3 is 18.8 Å². The number of carbonyl (C=O) groups is 1. The highest BCUT2D eigenvalue weighted by molar-refractivity contribution is 6.08. The van der Waals surface area contributed by atoms with Crippen molar-refractivity contribution in [2.75, 3.05) is 6.61 Å². The zero-order valence-electron chi connectivity index (χ0n) is 26.1. The van der Waals surface area contributed by atoms with Gasteiger partial charge in [0.2, 0.25) is 0 Å². The summed E-state index contributed by atoms with van der Waals surface area (Å²) in [6, 6.07) is 16.3. The summed E-state index contributed by atoms with van der Waals surface area (Å²) >= 11 is 0. The largest absolute Gasteiger partial charge is 0.573 e. The number of aryl methyl sites for hydroxylation is 1. The lowest BCUT2D eigenvalue weighted by molar-refractivity contribution is -0.274. The van der Waals surface area contributed by atoms with Crippen LogP contribution in [0.25, 0.3) is 32.9 Å². The van der Waals surface area contributed by atoms with E-state index in [1.54, 1.807) is 16.8 Å². The molecule has 1 aliphatic heterocycles. The number of aromatic nitrogens is 2. The van der Waals surface area contributed by atoms with Crippen LogP contribution in [-0.2, 0) is 22.5 Å². The molecule has 10 heteroatoms. The van der Waals surface area contributed by atoms with Gasteiger partial charge in [-0.15, -0.1) is 13.2 Å². The highest BCUT2D eigenvalue weighted by Crippen LogP contribution is 2.45. The summed E-state index contributed by atoms with van der Waals surface area (Å²) < 4.78 is 56.1. The topological polar surface area (TPSA) is 79.7 Å². The van der Waals surface area contributed by atoms with Crippen LogP contribution in [-0.4, -0.2) is 33.9 Å². The van der Waals surface area contributed by atoms with E-state index in [9.17, 15) is 22.8 Å². The number of halogens is 3. The predicted molar refractivity (Wildman–Crippen MR) is 169 cm³/mol. The molecule has 2 aromatic heterocycles. The molecule has 238 valence electrons. The van der Waals surface area contributed by atoms with Crippen LogP contribution < -0.4 is 15.0 Å². The van der Waals surface area contributed by atoms with Gasteiger partial charge in [0, 0.05) is 35.0 Å². The second-order valence-electron chi connectivity index (χ2n) is 12.5. The molecule has 0 bridgehead atoms. The number of benzene rings is 3. The Hall–Kier alpha value is -4.70. The van der Waals surface area contributed by atoms with Gasteiger partial charge in [0.1, 0.15) is 17.6 Å². The van der Waals surface area contributed by atoms with Crippen molar-refractivity contribution in [3.05, 3.63) is 99.5 Å². The van der Waals surface area contributed by atoms with Crippen LogP contribution in [0.4, 0.5) is 13.2 Å². The number of ether oxygens (including phenoxy) is 3. The molecule has 46 heavy (non-hydrogen) atoms. The summed E-state index contributed by atoms with van der Waals surface area (Å²) in [5, 5.41) is 1.60. The number of rotatable bonds is 7. The molecule has 0 unspecified atom stereocenters. The van der Waals surface area contributed by atoms with E-state index in [1.807, 2.05) is 52.0 Å². The zero-order valence-corrected chi connectivity index (χ0v) is 26.1. The van der Waals surface area contributed by atoms with Crippen LogP contribution in [0.3, 0.4) is 0 Å². The number of nitrogens with zero attached hydrogens (tertiary/aromatic N) is 2. The molecule has 3 aromatic carbocycles. The molecular weight excluding hydrogens is 597 g/mol. The predicted octanol–water partition coefficient (Wildman–Crippen LogP) is 7.85. The maximum absolute atomic E-state index is 13.4. The summed E-state index contributed by atoms with van der Waals surface area (Å²) in [4.78, 5) is 31.5. The van der Waals surface area contributed by atoms with Crippen LogP contribution in [0.15, 0.2) is 71.7 Å². The maximum atomic E-state index is 13.4. The fourth-order valence-corrected chi connectivity index (χ4v) is 6.16. The molecule has 1 aliphatic rings. The second-order valence-corrected chi connectivity index (χ2v) is 12.5. The molecule has 6 rings (SSSR count). The minimum atomic E-state index is -4.81. The SMILES string of the molecule is CC(=O)[C@@H](OC(C)(C)C)c1c(C)cc2c(ccc(=O)n2Cc2ccc(OC(F)(F)F)cc2)c1-c1ccc2c3c(ccnc13)CCO2. The van der Waals surface area contributed by atoms with Gasteiger partial charge in [0.15, 0.2) is 5.78 Å². The van der Waals surface area contributed by atoms with Crippen LogP contribution in [0.5, 0.6) is 11.5 Å². The normalized spacial score (nSPS) is 13.9. The Labute approximate surface area is 263 Å². The van der Waals surface area contributed by atoms with Crippen molar-refractivity contribution in [3.63, 3.8) is 0 Å². The van der Waals surface area contributed by atoms with E-state index in [0.717, 1.165) is 34.2 Å². The Morgan fingerprint density at radius 3 is 2.46 bits per heavy atom. The Bertz CT molecular complexity index is 2030. The molecule has 0 amide bonds. The minimum absolute atomic E-state index is 0.0885. The molecule has 0 saturated heterocycles. The second kappa shape index (κ2) is 11.6. The van der Waals surface area contributed by atoms with Crippen LogP contribution in [0.1, 0.15) is 56.1 Å².